The first-order valence-electron chi connectivity index (χ1n) is 8.55. The van der Waals surface area contributed by atoms with Crippen LogP contribution in [0, 0.1) is 6.92 Å². The molecule has 5 nitrogen and oxygen atoms in total. The van der Waals surface area contributed by atoms with E-state index in [1.807, 2.05) is 0 Å². The minimum atomic E-state index is -0.215. The average Bonchev–Trinajstić information content (AvgIpc) is 3.29. The van der Waals surface area contributed by atoms with Crippen LogP contribution in [-0.4, -0.2) is 18.2 Å². The van der Waals surface area contributed by atoms with Crippen molar-refractivity contribution in [3.05, 3.63) is 88.0 Å². The van der Waals surface area contributed by atoms with Gasteiger partial charge in [-0.15, -0.1) is 0 Å². The number of halogens is 1. The highest BCUT2D eigenvalue weighted by Gasteiger charge is 2.30. The molecule has 140 valence electrons. The summed E-state index contributed by atoms with van der Waals surface area (Å²) >= 11 is 5.83. The summed E-state index contributed by atoms with van der Waals surface area (Å²) in [4.78, 5) is 24.8. The summed E-state index contributed by atoms with van der Waals surface area (Å²) in [7, 11) is 0. The molecular formula is C22H15ClO5. The summed E-state index contributed by atoms with van der Waals surface area (Å²) in [5.74, 6) is 1.17. The highest BCUT2D eigenvalue weighted by molar-refractivity contribution is 6.30. The summed E-state index contributed by atoms with van der Waals surface area (Å²) in [6, 6.07) is 13.4. The second kappa shape index (κ2) is 7.37. The molecule has 2 heterocycles. The van der Waals surface area contributed by atoms with Crippen LogP contribution in [-0.2, 0) is 0 Å². The highest BCUT2D eigenvalue weighted by Crippen LogP contribution is 2.37. The normalized spacial score (nSPS) is 14.1. The zero-order valence-corrected chi connectivity index (χ0v) is 15.7. The first-order valence-corrected chi connectivity index (χ1v) is 8.93. The second-order valence-corrected chi connectivity index (χ2v) is 6.72. The molecule has 0 spiro atoms. The standard InChI is InChI=1S/C22H15ClO5/c1-13-9-17(27-12-18(24)14-4-6-15(23)7-5-14)11-19-21(13)22(25)20(28-19)10-16-3-2-8-26-16/h2-11H,12H2,1H3/b20-10-. The topological polar surface area (TPSA) is 65.7 Å². The maximum absolute atomic E-state index is 12.6. The molecule has 6 heteroatoms. The van der Waals surface area contributed by atoms with Crippen LogP contribution in [0.1, 0.15) is 32.0 Å². The number of benzene rings is 2. The molecule has 0 N–H and O–H groups in total. The molecule has 1 aromatic heterocycles. The van der Waals surface area contributed by atoms with Crippen LogP contribution >= 0.6 is 11.6 Å². The predicted molar refractivity (Wildman–Crippen MR) is 104 cm³/mol. The van der Waals surface area contributed by atoms with E-state index < -0.39 is 0 Å². The van der Waals surface area contributed by atoms with Gasteiger partial charge in [0.15, 0.2) is 18.1 Å². The third-order valence-corrected chi connectivity index (χ3v) is 4.55. The Morgan fingerprint density at radius 2 is 1.96 bits per heavy atom. The number of furan rings is 1. The third kappa shape index (κ3) is 3.57. The van der Waals surface area contributed by atoms with E-state index in [0.717, 1.165) is 0 Å². The largest absolute Gasteiger partial charge is 0.485 e. The molecule has 1 aliphatic heterocycles. The van der Waals surface area contributed by atoms with Crippen molar-refractivity contribution in [1.29, 1.82) is 0 Å². The Morgan fingerprint density at radius 3 is 2.68 bits per heavy atom. The lowest BCUT2D eigenvalue weighted by Gasteiger charge is -2.09. The van der Waals surface area contributed by atoms with E-state index in [4.69, 9.17) is 25.5 Å². The number of Topliss-reactive ketones (excluding diaryl/α,β-unsaturated/α-hetero) is 2. The van der Waals surface area contributed by atoms with Gasteiger partial charge in [0.1, 0.15) is 17.3 Å². The maximum Gasteiger partial charge on any atom is 0.232 e. The zero-order chi connectivity index (χ0) is 19.7. The fourth-order valence-electron chi connectivity index (χ4n) is 2.93. The number of carbonyl (C=O) groups is 2. The molecule has 0 amide bonds. The van der Waals surface area contributed by atoms with E-state index in [1.165, 1.54) is 6.26 Å². The Bertz CT molecular complexity index is 1080. The van der Waals surface area contributed by atoms with Crippen LogP contribution < -0.4 is 9.47 Å². The summed E-state index contributed by atoms with van der Waals surface area (Å²) in [5, 5.41) is 0.562. The number of fused-ring (bicyclic) bond motifs is 1. The molecule has 0 atom stereocenters. The van der Waals surface area contributed by atoms with E-state index in [9.17, 15) is 9.59 Å². The monoisotopic (exact) mass is 394 g/mol. The van der Waals surface area contributed by atoms with Crippen LogP contribution in [0.3, 0.4) is 0 Å². The smallest absolute Gasteiger partial charge is 0.232 e. The Morgan fingerprint density at radius 1 is 1.18 bits per heavy atom. The molecule has 0 saturated carbocycles. The quantitative estimate of drug-likeness (QED) is 0.444. The van der Waals surface area contributed by atoms with Gasteiger partial charge in [-0.1, -0.05) is 11.6 Å². The number of carbonyl (C=O) groups excluding carboxylic acids is 2. The number of aryl methyl sites for hydroxylation is 1. The van der Waals surface area contributed by atoms with Crippen molar-refractivity contribution >= 4 is 29.2 Å². The number of hydrogen-bond acceptors (Lipinski definition) is 5. The van der Waals surface area contributed by atoms with E-state index in [2.05, 4.69) is 0 Å². The molecule has 0 radical (unpaired) electrons. The molecule has 0 fully saturated rings. The zero-order valence-electron chi connectivity index (χ0n) is 14.9. The average molecular weight is 395 g/mol. The van der Waals surface area contributed by atoms with Crippen LogP contribution in [0.4, 0.5) is 0 Å². The van der Waals surface area contributed by atoms with Gasteiger partial charge < -0.3 is 13.9 Å². The van der Waals surface area contributed by atoms with Crippen molar-refractivity contribution in [2.45, 2.75) is 6.92 Å². The molecule has 0 aliphatic carbocycles. The number of hydrogen-bond donors (Lipinski definition) is 0. The van der Waals surface area contributed by atoms with Gasteiger partial charge in [0.2, 0.25) is 5.78 Å². The second-order valence-electron chi connectivity index (χ2n) is 6.29. The van der Waals surface area contributed by atoms with Gasteiger partial charge in [0.05, 0.1) is 11.8 Å². The molecule has 28 heavy (non-hydrogen) atoms. The van der Waals surface area contributed by atoms with Gasteiger partial charge in [-0.05, 0) is 55.0 Å². The van der Waals surface area contributed by atoms with Crippen LogP contribution in [0.2, 0.25) is 5.02 Å². The van der Waals surface area contributed by atoms with Gasteiger partial charge in [-0.3, -0.25) is 9.59 Å². The molecule has 1 aliphatic rings. The van der Waals surface area contributed by atoms with Gasteiger partial charge in [-0.25, -0.2) is 0 Å². The van der Waals surface area contributed by atoms with Crippen LogP contribution in [0.5, 0.6) is 11.5 Å². The predicted octanol–water partition coefficient (Wildman–Crippen LogP) is 5.12. The van der Waals surface area contributed by atoms with Gasteiger partial charge in [0.25, 0.3) is 0 Å². The first kappa shape index (κ1) is 18.1. The molecule has 3 aromatic rings. The van der Waals surface area contributed by atoms with Crippen molar-refractivity contribution < 1.29 is 23.5 Å². The fraction of sp³-hybridized carbons (Fsp3) is 0.0909. The van der Waals surface area contributed by atoms with Crippen molar-refractivity contribution in [3.8, 4) is 11.5 Å². The first-order chi connectivity index (χ1) is 13.5. The molecule has 4 rings (SSSR count). The molecule has 0 saturated heterocycles. The van der Waals surface area contributed by atoms with E-state index in [1.54, 1.807) is 61.5 Å². The van der Waals surface area contributed by atoms with Crippen molar-refractivity contribution in [1.82, 2.24) is 0 Å². The van der Waals surface area contributed by atoms with E-state index in [0.29, 0.717) is 39.0 Å². The SMILES string of the molecule is Cc1cc(OCC(=O)c2ccc(Cl)cc2)cc2c1C(=O)/C(=C/c1ccco1)O2. The van der Waals surface area contributed by atoms with E-state index >= 15 is 0 Å². The Labute approximate surface area is 166 Å². The number of rotatable bonds is 5. The maximum atomic E-state index is 12.6. The fourth-order valence-corrected chi connectivity index (χ4v) is 3.06. The molecule has 0 unspecified atom stereocenters. The van der Waals surface area contributed by atoms with Crippen molar-refractivity contribution in [2.75, 3.05) is 6.61 Å². The lowest BCUT2D eigenvalue weighted by atomic mass is 10.0. The molecule has 0 bridgehead atoms. The highest BCUT2D eigenvalue weighted by atomic mass is 35.5. The summed E-state index contributed by atoms with van der Waals surface area (Å²) in [5.41, 5.74) is 1.70. The van der Waals surface area contributed by atoms with Crippen LogP contribution in [0.15, 0.2) is 65.0 Å². The van der Waals surface area contributed by atoms with Gasteiger partial charge in [0, 0.05) is 22.7 Å². The Balaban J connectivity index is 1.51. The summed E-state index contributed by atoms with van der Waals surface area (Å²) in [6.07, 6.45) is 3.07. The van der Waals surface area contributed by atoms with E-state index in [-0.39, 0.29) is 23.9 Å². The van der Waals surface area contributed by atoms with Gasteiger partial charge >= 0.3 is 0 Å². The Kier molecular flexibility index (Phi) is 4.75. The van der Waals surface area contributed by atoms with Crippen LogP contribution in [0.25, 0.3) is 6.08 Å². The number of ether oxygens (including phenoxy) is 2. The van der Waals surface area contributed by atoms with Crippen molar-refractivity contribution in [3.63, 3.8) is 0 Å². The Hall–Kier alpha value is -3.31. The molecular weight excluding hydrogens is 380 g/mol. The molecule has 2 aromatic carbocycles. The lowest BCUT2D eigenvalue weighted by molar-refractivity contribution is 0.0920. The van der Waals surface area contributed by atoms with Crippen molar-refractivity contribution in [2.24, 2.45) is 0 Å². The lowest BCUT2D eigenvalue weighted by Crippen LogP contribution is -2.11. The minimum Gasteiger partial charge on any atom is -0.485 e. The van der Waals surface area contributed by atoms with Gasteiger partial charge in [-0.2, -0.15) is 0 Å². The number of ketones is 2. The summed E-state index contributed by atoms with van der Waals surface area (Å²) < 4.78 is 16.5. The number of allylic oxidation sites excluding steroid dienone is 1. The minimum absolute atomic E-state index is 0.136. The third-order valence-electron chi connectivity index (χ3n) is 4.30. The summed E-state index contributed by atoms with van der Waals surface area (Å²) in [6.45, 7) is 1.66.